The van der Waals surface area contributed by atoms with Gasteiger partial charge in [-0.3, -0.25) is 5.43 Å². The molecule has 1 rings (SSSR count). The molecule has 2 amide bonds. The Labute approximate surface area is 92.1 Å². The van der Waals surface area contributed by atoms with Gasteiger partial charge in [-0.25, -0.2) is 19.6 Å². The van der Waals surface area contributed by atoms with Gasteiger partial charge in [0.25, 0.3) is 0 Å². The minimum absolute atomic E-state index is 0.148. The lowest BCUT2D eigenvalue weighted by Crippen LogP contribution is -2.39. The SMILES string of the molecule is CN(C)NC(=O)Nc1cccnc1C(=O)O. The van der Waals surface area contributed by atoms with E-state index in [1.54, 1.807) is 14.1 Å². The zero-order chi connectivity index (χ0) is 12.1. The molecule has 0 atom stereocenters. The Morgan fingerprint density at radius 3 is 2.69 bits per heavy atom. The van der Waals surface area contributed by atoms with E-state index in [-0.39, 0.29) is 11.4 Å². The highest BCUT2D eigenvalue weighted by Gasteiger charge is 2.13. The number of carboxylic acids is 1. The maximum absolute atomic E-state index is 11.3. The second-order valence-electron chi connectivity index (χ2n) is 3.17. The van der Waals surface area contributed by atoms with Crippen LogP contribution in [0.3, 0.4) is 0 Å². The van der Waals surface area contributed by atoms with Crippen molar-refractivity contribution in [3.8, 4) is 0 Å². The number of pyridine rings is 1. The lowest BCUT2D eigenvalue weighted by atomic mass is 10.3. The van der Waals surface area contributed by atoms with E-state index in [0.717, 1.165) is 0 Å². The first-order valence-corrected chi connectivity index (χ1v) is 4.44. The second-order valence-corrected chi connectivity index (χ2v) is 3.17. The third kappa shape index (κ3) is 3.21. The van der Waals surface area contributed by atoms with E-state index in [2.05, 4.69) is 15.7 Å². The van der Waals surface area contributed by atoms with Crippen LogP contribution in [-0.4, -0.2) is 41.2 Å². The summed E-state index contributed by atoms with van der Waals surface area (Å²) in [6, 6.07) is 2.48. The predicted molar refractivity (Wildman–Crippen MR) is 57.0 cm³/mol. The number of aromatic nitrogens is 1. The molecule has 0 aromatic carbocycles. The molecule has 0 bridgehead atoms. The van der Waals surface area contributed by atoms with Gasteiger partial charge in [0, 0.05) is 20.3 Å². The van der Waals surface area contributed by atoms with E-state index in [1.165, 1.54) is 23.3 Å². The molecule has 86 valence electrons. The van der Waals surface area contributed by atoms with Crippen LogP contribution in [0.1, 0.15) is 10.5 Å². The molecule has 3 N–H and O–H groups in total. The summed E-state index contributed by atoms with van der Waals surface area (Å²) in [5.74, 6) is -1.19. The Morgan fingerprint density at radius 1 is 1.44 bits per heavy atom. The van der Waals surface area contributed by atoms with Gasteiger partial charge in [0.05, 0.1) is 5.69 Å². The molecule has 1 aromatic heterocycles. The maximum atomic E-state index is 11.3. The number of rotatable bonds is 3. The summed E-state index contributed by atoms with van der Waals surface area (Å²) < 4.78 is 0. The van der Waals surface area contributed by atoms with Crippen molar-refractivity contribution < 1.29 is 14.7 Å². The fourth-order valence-corrected chi connectivity index (χ4v) is 1.03. The van der Waals surface area contributed by atoms with Crippen molar-refractivity contribution in [2.24, 2.45) is 0 Å². The number of carbonyl (C=O) groups excluding carboxylic acids is 1. The zero-order valence-electron chi connectivity index (χ0n) is 8.89. The van der Waals surface area contributed by atoms with Crippen LogP contribution in [0.15, 0.2) is 18.3 Å². The molecule has 0 unspecified atom stereocenters. The van der Waals surface area contributed by atoms with Crippen molar-refractivity contribution in [2.45, 2.75) is 0 Å². The van der Waals surface area contributed by atoms with Crippen molar-refractivity contribution in [1.29, 1.82) is 0 Å². The molecule has 1 heterocycles. The van der Waals surface area contributed by atoms with E-state index in [9.17, 15) is 9.59 Å². The van der Waals surface area contributed by atoms with Gasteiger partial charge in [-0.15, -0.1) is 0 Å². The number of anilines is 1. The summed E-state index contributed by atoms with van der Waals surface area (Å²) in [5, 5.41) is 12.6. The second kappa shape index (κ2) is 5.08. The summed E-state index contributed by atoms with van der Waals surface area (Å²) in [4.78, 5) is 25.7. The minimum Gasteiger partial charge on any atom is -0.476 e. The molecule has 0 radical (unpaired) electrons. The number of hydrogen-bond donors (Lipinski definition) is 3. The number of aromatic carboxylic acids is 1. The van der Waals surface area contributed by atoms with Gasteiger partial charge in [-0.05, 0) is 12.1 Å². The van der Waals surface area contributed by atoms with Crippen molar-refractivity contribution in [3.63, 3.8) is 0 Å². The Hall–Kier alpha value is -2.15. The topological polar surface area (TPSA) is 94.6 Å². The molecular weight excluding hydrogens is 212 g/mol. The summed E-state index contributed by atoms with van der Waals surface area (Å²) in [5.41, 5.74) is 2.37. The number of carbonyl (C=O) groups is 2. The number of hydrogen-bond acceptors (Lipinski definition) is 4. The van der Waals surface area contributed by atoms with Crippen molar-refractivity contribution in [3.05, 3.63) is 24.0 Å². The first-order valence-electron chi connectivity index (χ1n) is 4.44. The van der Waals surface area contributed by atoms with E-state index >= 15 is 0 Å². The molecule has 0 saturated heterocycles. The highest BCUT2D eigenvalue weighted by atomic mass is 16.4. The van der Waals surface area contributed by atoms with E-state index < -0.39 is 12.0 Å². The average Bonchev–Trinajstić information content (AvgIpc) is 2.16. The summed E-state index contributed by atoms with van der Waals surface area (Å²) >= 11 is 0. The van der Waals surface area contributed by atoms with Crippen LogP contribution in [0, 0.1) is 0 Å². The molecule has 0 spiro atoms. The third-order valence-electron chi connectivity index (χ3n) is 1.58. The Balaban J connectivity index is 2.81. The molecule has 0 saturated carbocycles. The van der Waals surface area contributed by atoms with Crippen LogP contribution in [0.2, 0.25) is 0 Å². The highest BCUT2D eigenvalue weighted by Crippen LogP contribution is 2.11. The lowest BCUT2D eigenvalue weighted by molar-refractivity contribution is 0.0692. The first-order chi connectivity index (χ1) is 7.50. The first kappa shape index (κ1) is 11.9. The van der Waals surface area contributed by atoms with Crippen LogP contribution in [0.25, 0.3) is 0 Å². The number of amides is 2. The van der Waals surface area contributed by atoms with E-state index in [0.29, 0.717) is 0 Å². The number of nitrogens with zero attached hydrogens (tertiary/aromatic N) is 2. The van der Waals surface area contributed by atoms with Gasteiger partial charge < -0.3 is 10.4 Å². The molecule has 0 aliphatic heterocycles. The van der Waals surface area contributed by atoms with Crippen LogP contribution in [0.5, 0.6) is 0 Å². The van der Waals surface area contributed by atoms with Crippen molar-refractivity contribution >= 4 is 17.7 Å². The zero-order valence-corrected chi connectivity index (χ0v) is 8.89. The van der Waals surface area contributed by atoms with Gasteiger partial charge in [-0.1, -0.05) is 0 Å². The Morgan fingerprint density at radius 2 is 2.12 bits per heavy atom. The van der Waals surface area contributed by atoms with Crippen molar-refractivity contribution in [1.82, 2.24) is 15.4 Å². The molecule has 16 heavy (non-hydrogen) atoms. The molecule has 7 heteroatoms. The van der Waals surface area contributed by atoms with Crippen molar-refractivity contribution in [2.75, 3.05) is 19.4 Å². The number of hydrazine groups is 1. The molecule has 0 aliphatic rings. The third-order valence-corrected chi connectivity index (χ3v) is 1.58. The molecule has 7 nitrogen and oxygen atoms in total. The number of nitrogens with one attached hydrogen (secondary N) is 2. The predicted octanol–water partition coefficient (Wildman–Crippen LogP) is 0.378. The monoisotopic (exact) mass is 224 g/mol. The fourth-order valence-electron chi connectivity index (χ4n) is 1.03. The molecule has 0 aliphatic carbocycles. The summed E-state index contributed by atoms with van der Waals surface area (Å²) in [6.07, 6.45) is 1.35. The van der Waals surface area contributed by atoms with Gasteiger partial charge in [0.2, 0.25) is 0 Å². The Bertz CT molecular complexity index is 405. The van der Waals surface area contributed by atoms with Gasteiger partial charge in [-0.2, -0.15) is 0 Å². The van der Waals surface area contributed by atoms with Crippen LogP contribution < -0.4 is 10.7 Å². The highest BCUT2D eigenvalue weighted by molar-refractivity contribution is 5.98. The fraction of sp³-hybridized carbons (Fsp3) is 0.222. The van der Waals surface area contributed by atoms with E-state index in [1.807, 2.05) is 0 Å². The van der Waals surface area contributed by atoms with Crippen LogP contribution >= 0.6 is 0 Å². The smallest absolute Gasteiger partial charge is 0.356 e. The largest absolute Gasteiger partial charge is 0.476 e. The standard InChI is InChI=1S/C9H12N4O3/c1-13(2)12-9(16)11-6-4-3-5-10-7(6)8(14)15/h3-5H,1-2H3,(H,14,15)(H2,11,12,16). The number of carboxylic acid groups (broad SMARTS) is 1. The number of urea groups is 1. The lowest BCUT2D eigenvalue weighted by Gasteiger charge is -2.13. The maximum Gasteiger partial charge on any atom is 0.356 e. The molecule has 0 fully saturated rings. The van der Waals surface area contributed by atoms with Gasteiger partial charge >= 0.3 is 12.0 Å². The molecular formula is C9H12N4O3. The van der Waals surface area contributed by atoms with Crippen LogP contribution in [-0.2, 0) is 0 Å². The normalized spacial score (nSPS) is 9.94. The average molecular weight is 224 g/mol. The molecule has 1 aromatic rings. The van der Waals surface area contributed by atoms with Crippen LogP contribution in [0.4, 0.5) is 10.5 Å². The quantitative estimate of drug-likeness (QED) is 0.645. The van der Waals surface area contributed by atoms with Gasteiger partial charge in [0.1, 0.15) is 0 Å². The summed E-state index contributed by atoms with van der Waals surface area (Å²) in [6.45, 7) is 0. The van der Waals surface area contributed by atoms with Gasteiger partial charge in [0.15, 0.2) is 5.69 Å². The minimum atomic E-state index is -1.19. The Kier molecular flexibility index (Phi) is 3.78. The van der Waals surface area contributed by atoms with E-state index in [4.69, 9.17) is 5.11 Å². The summed E-state index contributed by atoms with van der Waals surface area (Å²) in [7, 11) is 3.28.